The molecule has 3 aliphatic carbocycles. The van der Waals surface area contributed by atoms with Crippen LogP contribution in [0.5, 0.6) is 5.75 Å². The van der Waals surface area contributed by atoms with Crippen LogP contribution in [-0.2, 0) is 11.2 Å². The number of hydrogen-bond acceptors (Lipinski definition) is 4. The molecular formula is C35H41N3O2. The van der Waals surface area contributed by atoms with Gasteiger partial charge in [0.05, 0.1) is 24.4 Å². The molecule has 40 heavy (non-hydrogen) atoms. The minimum atomic E-state index is -0.344. The number of fused-ring (bicyclic) bond motifs is 3. The first-order chi connectivity index (χ1) is 19.5. The second-order valence-corrected chi connectivity index (χ2v) is 12.8. The van der Waals surface area contributed by atoms with E-state index in [9.17, 15) is 10.1 Å². The van der Waals surface area contributed by atoms with E-state index in [0.717, 1.165) is 66.0 Å². The van der Waals surface area contributed by atoms with E-state index in [-0.39, 0.29) is 23.5 Å². The first-order valence-corrected chi connectivity index (χ1v) is 15.3. The quantitative estimate of drug-likeness (QED) is 0.388. The summed E-state index contributed by atoms with van der Waals surface area (Å²) in [5, 5.41) is 14.3. The number of hydrogen-bond donors (Lipinski definition) is 1. The van der Waals surface area contributed by atoms with E-state index in [1.165, 1.54) is 50.5 Å². The van der Waals surface area contributed by atoms with Gasteiger partial charge >= 0.3 is 0 Å². The molecular weight excluding hydrogens is 494 g/mol. The molecule has 2 aromatic carbocycles. The molecule has 4 aliphatic rings. The van der Waals surface area contributed by atoms with Gasteiger partial charge in [0.25, 0.3) is 5.91 Å². The summed E-state index contributed by atoms with van der Waals surface area (Å²) >= 11 is 0. The third-order valence-corrected chi connectivity index (χ3v) is 10.4. The highest BCUT2D eigenvalue weighted by Gasteiger charge is 2.49. The third kappa shape index (κ3) is 4.75. The molecule has 0 radical (unpaired) electrons. The SMILES string of the molecule is C#CC(=O)N1[C@@H](CCCC)Cc2cc(OC)ccc2[C@H]1c1ccc(NC23CCCC4CC(CC4C2)C3)c(C#N)c1. The van der Waals surface area contributed by atoms with Crippen molar-refractivity contribution in [3.05, 3.63) is 58.7 Å². The molecule has 6 atom stereocenters. The Balaban J connectivity index is 1.39. The summed E-state index contributed by atoms with van der Waals surface area (Å²) in [6.45, 7) is 2.17. The Morgan fingerprint density at radius 1 is 1.20 bits per heavy atom. The van der Waals surface area contributed by atoms with E-state index in [1.54, 1.807) is 7.11 Å². The van der Waals surface area contributed by atoms with Gasteiger partial charge in [-0.05, 0) is 110 Å². The van der Waals surface area contributed by atoms with E-state index >= 15 is 0 Å². The van der Waals surface area contributed by atoms with Crippen LogP contribution in [0, 0.1) is 41.4 Å². The number of nitrogens with zero attached hydrogens (tertiary/aromatic N) is 2. The van der Waals surface area contributed by atoms with Crippen molar-refractivity contribution in [2.45, 2.75) is 95.2 Å². The van der Waals surface area contributed by atoms with Crippen LogP contribution in [-0.4, -0.2) is 29.5 Å². The zero-order chi connectivity index (χ0) is 27.9. The fourth-order valence-corrected chi connectivity index (χ4v) is 8.78. The number of methoxy groups -OCH3 is 1. The molecule has 1 heterocycles. The molecule has 6 rings (SSSR count). The Morgan fingerprint density at radius 2 is 2.05 bits per heavy atom. The van der Waals surface area contributed by atoms with Crippen LogP contribution in [0.2, 0.25) is 0 Å². The summed E-state index contributed by atoms with van der Waals surface area (Å²) in [6, 6.07) is 14.4. The number of benzene rings is 2. The lowest BCUT2D eigenvalue weighted by Crippen LogP contribution is -2.47. The predicted octanol–water partition coefficient (Wildman–Crippen LogP) is 7.00. The third-order valence-electron chi connectivity index (χ3n) is 10.4. The van der Waals surface area contributed by atoms with Crippen molar-refractivity contribution in [3.63, 3.8) is 0 Å². The Kier molecular flexibility index (Phi) is 7.26. The molecule has 5 nitrogen and oxygen atoms in total. The molecule has 1 aliphatic heterocycles. The lowest BCUT2D eigenvalue weighted by Gasteiger charge is -2.43. The second kappa shape index (κ2) is 10.9. The number of ether oxygens (including phenoxy) is 1. The smallest absolute Gasteiger partial charge is 0.299 e. The minimum absolute atomic E-state index is 0.00743. The number of anilines is 1. The molecule has 208 valence electrons. The number of terminal acetylenes is 1. The monoisotopic (exact) mass is 535 g/mol. The van der Waals surface area contributed by atoms with Crippen molar-refractivity contribution in [1.29, 1.82) is 5.26 Å². The fourth-order valence-electron chi connectivity index (χ4n) is 8.78. The van der Waals surface area contributed by atoms with Crippen LogP contribution in [0.1, 0.15) is 99.4 Å². The van der Waals surface area contributed by atoms with Crippen LogP contribution < -0.4 is 10.1 Å². The number of nitriles is 1. The summed E-state index contributed by atoms with van der Waals surface area (Å²) in [6.07, 6.45) is 18.5. The van der Waals surface area contributed by atoms with E-state index in [0.29, 0.717) is 5.56 Å². The Bertz CT molecular complexity index is 1370. The molecule has 5 heteroatoms. The largest absolute Gasteiger partial charge is 0.497 e. The Labute approximate surface area is 239 Å². The molecule has 0 aromatic heterocycles. The zero-order valence-corrected chi connectivity index (χ0v) is 23.9. The number of unbranched alkanes of at least 4 members (excludes halogenated alkanes) is 1. The molecule has 4 unspecified atom stereocenters. The molecule has 0 spiro atoms. The summed E-state index contributed by atoms with van der Waals surface area (Å²) in [5.74, 6) is 5.48. The van der Waals surface area contributed by atoms with Gasteiger partial charge in [0.1, 0.15) is 11.8 Å². The van der Waals surface area contributed by atoms with E-state index in [1.807, 2.05) is 17.0 Å². The number of amides is 1. The van der Waals surface area contributed by atoms with Gasteiger partial charge in [-0.1, -0.05) is 44.7 Å². The minimum Gasteiger partial charge on any atom is -0.497 e. The molecule has 0 saturated heterocycles. The lowest BCUT2D eigenvalue weighted by molar-refractivity contribution is -0.130. The summed E-state index contributed by atoms with van der Waals surface area (Å²) < 4.78 is 5.54. The van der Waals surface area contributed by atoms with E-state index < -0.39 is 0 Å². The molecule has 3 bridgehead atoms. The summed E-state index contributed by atoms with van der Waals surface area (Å²) in [4.78, 5) is 15.2. The predicted molar refractivity (Wildman–Crippen MR) is 158 cm³/mol. The molecule has 3 fully saturated rings. The summed E-state index contributed by atoms with van der Waals surface area (Å²) in [5.41, 5.74) is 4.83. The van der Waals surface area contributed by atoms with Crippen molar-refractivity contribution >= 4 is 11.6 Å². The van der Waals surface area contributed by atoms with E-state index in [2.05, 4.69) is 48.5 Å². The van der Waals surface area contributed by atoms with Gasteiger partial charge in [-0.3, -0.25) is 4.79 Å². The molecule has 3 saturated carbocycles. The standard InChI is InChI=1S/C35H41N3O2/c1-4-6-9-29-18-26-19-30(40-3)11-12-31(26)34(38(29)33(39)5-2)25-10-13-32(28(17-25)22-36)37-35-14-7-8-24-15-23(20-35)16-27(24)21-35/h2,10-13,17,19,23-24,27,29,34,37H,4,6-9,14-16,18,20-21H2,1,3H3/t23?,24?,27?,29-,34+,35?/m0/s1. The first kappa shape index (κ1) is 26.8. The normalized spacial score (nSPS) is 30.1. The lowest BCUT2D eigenvalue weighted by atomic mass is 9.73. The number of carbonyl (C=O) groups excluding carboxylic acids is 1. The van der Waals surface area contributed by atoms with Gasteiger partial charge in [0.2, 0.25) is 0 Å². The van der Waals surface area contributed by atoms with Crippen molar-refractivity contribution in [3.8, 4) is 24.2 Å². The van der Waals surface area contributed by atoms with Crippen molar-refractivity contribution in [2.24, 2.45) is 17.8 Å². The highest BCUT2D eigenvalue weighted by molar-refractivity contribution is 5.94. The molecule has 1 N–H and O–H groups in total. The van der Waals surface area contributed by atoms with E-state index in [4.69, 9.17) is 11.2 Å². The zero-order valence-electron chi connectivity index (χ0n) is 23.9. The van der Waals surface area contributed by atoms with Gasteiger partial charge in [0.15, 0.2) is 0 Å². The second-order valence-electron chi connectivity index (χ2n) is 12.8. The van der Waals surface area contributed by atoms with Crippen molar-refractivity contribution in [1.82, 2.24) is 4.90 Å². The Hall–Kier alpha value is -3.44. The van der Waals surface area contributed by atoms with Gasteiger partial charge in [0, 0.05) is 11.6 Å². The topological polar surface area (TPSA) is 65.4 Å². The van der Waals surface area contributed by atoms with Crippen molar-refractivity contribution in [2.75, 3.05) is 12.4 Å². The van der Waals surface area contributed by atoms with Gasteiger partial charge in [-0.2, -0.15) is 5.26 Å². The number of nitrogens with one attached hydrogen (secondary N) is 1. The van der Waals surface area contributed by atoms with Crippen molar-refractivity contribution < 1.29 is 9.53 Å². The van der Waals surface area contributed by atoms with Crippen LogP contribution in [0.4, 0.5) is 5.69 Å². The number of rotatable bonds is 7. The van der Waals surface area contributed by atoms with Gasteiger partial charge in [-0.25, -0.2) is 0 Å². The van der Waals surface area contributed by atoms with Crippen LogP contribution in [0.15, 0.2) is 36.4 Å². The maximum Gasteiger partial charge on any atom is 0.299 e. The van der Waals surface area contributed by atoms with Gasteiger partial charge < -0.3 is 15.0 Å². The van der Waals surface area contributed by atoms with Crippen LogP contribution in [0.25, 0.3) is 0 Å². The highest BCUT2D eigenvalue weighted by atomic mass is 16.5. The molecule has 2 aromatic rings. The highest BCUT2D eigenvalue weighted by Crippen LogP contribution is 2.56. The maximum atomic E-state index is 13.3. The summed E-state index contributed by atoms with van der Waals surface area (Å²) in [7, 11) is 1.68. The Morgan fingerprint density at radius 3 is 2.83 bits per heavy atom. The maximum absolute atomic E-state index is 13.3. The average molecular weight is 536 g/mol. The van der Waals surface area contributed by atoms with Crippen LogP contribution >= 0.6 is 0 Å². The molecule has 1 amide bonds. The first-order valence-electron chi connectivity index (χ1n) is 15.3. The average Bonchev–Trinajstić information content (AvgIpc) is 3.20. The van der Waals surface area contributed by atoms with Crippen LogP contribution in [0.3, 0.4) is 0 Å². The fraction of sp³-hybridized carbons (Fsp3) is 0.543. The van der Waals surface area contributed by atoms with Gasteiger partial charge in [-0.15, -0.1) is 6.42 Å². The number of carbonyl (C=O) groups is 1.